The van der Waals surface area contributed by atoms with Gasteiger partial charge in [0.15, 0.2) is 0 Å². The molecule has 0 unspecified atom stereocenters. The number of H-pyrrole nitrogens is 1. The first-order valence-corrected chi connectivity index (χ1v) is 11.7. The first kappa shape index (κ1) is 19.3. The van der Waals surface area contributed by atoms with Gasteiger partial charge in [-0.25, -0.2) is 10.0 Å². The second-order valence-corrected chi connectivity index (χ2v) is 10.5. The number of nitrogens with one attached hydrogen (secondary N) is 1. The average molecular weight is 423 g/mol. The van der Waals surface area contributed by atoms with Crippen LogP contribution in [0.1, 0.15) is 63.2 Å². The third-order valence-corrected chi connectivity index (χ3v) is 8.54. The highest BCUT2D eigenvalue weighted by Crippen LogP contribution is 2.64. The van der Waals surface area contributed by atoms with Crippen molar-refractivity contribution in [3.63, 3.8) is 0 Å². The van der Waals surface area contributed by atoms with Crippen molar-refractivity contribution in [2.45, 2.75) is 57.4 Å². The zero-order valence-corrected chi connectivity index (χ0v) is 17.8. The van der Waals surface area contributed by atoms with E-state index < -0.39 is 5.41 Å². The average Bonchev–Trinajstić information content (AvgIpc) is 3.44. The molecule has 1 aliphatic heterocycles. The number of hydrogen-bond acceptors (Lipinski definition) is 4. The Hall–Kier alpha value is -2.41. The SMILES string of the molecule is O=CN(O)C[C@]1(C(=O)N2CC3(CC3)C[C@H]2c2nc3ccccc3[nH]2)C[C@H]1C1CCCC1. The molecule has 4 aliphatic rings. The van der Waals surface area contributed by atoms with Gasteiger partial charge in [0.25, 0.3) is 0 Å². The van der Waals surface area contributed by atoms with E-state index in [4.69, 9.17) is 4.98 Å². The van der Waals surface area contributed by atoms with Gasteiger partial charge in [0.2, 0.25) is 12.3 Å². The summed E-state index contributed by atoms with van der Waals surface area (Å²) >= 11 is 0. The van der Waals surface area contributed by atoms with Gasteiger partial charge in [0.1, 0.15) is 5.82 Å². The summed E-state index contributed by atoms with van der Waals surface area (Å²) in [5, 5.41) is 10.7. The largest absolute Gasteiger partial charge is 0.340 e. The van der Waals surface area contributed by atoms with Crippen LogP contribution in [-0.2, 0) is 9.59 Å². The molecule has 1 aromatic heterocycles. The maximum Gasteiger partial charge on any atom is 0.233 e. The first-order valence-electron chi connectivity index (χ1n) is 11.7. The molecule has 6 rings (SSSR count). The molecule has 2 N–H and O–H groups in total. The fraction of sp³-hybridized carbons (Fsp3) is 0.625. The molecule has 1 saturated heterocycles. The lowest BCUT2D eigenvalue weighted by Gasteiger charge is -2.30. The minimum absolute atomic E-state index is 0.0625. The number of aromatic amines is 1. The molecule has 1 aromatic carbocycles. The zero-order valence-electron chi connectivity index (χ0n) is 17.8. The van der Waals surface area contributed by atoms with Crippen molar-refractivity contribution in [3.8, 4) is 0 Å². The Kier molecular flexibility index (Phi) is 4.23. The number of rotatable bonds is 6. The lowest BCUT2D eigenvalue weighted by molar-refractivity contribution is -0.160. The molecule has 2 amide bonds. The second-order valence-electron chi connectivity index (χ2n) is 10.5. The third-order valence-electron chi connectivity index (χ3n) is 8.54. The van der Waals surface area contributed by atoms with Crippen molar-refractivity contribution in [1.82, 2.24) is 19.9 Å². The second kappa shape index (κ2) is 6.79. The fourth-order valence-corrected chi connectivity index (χ4v) is 6.60. The number of para-hydroxylation sites is 2. The van der Waals surface area contributed by atoms with Crippen molar-refractivity contribution in [2.24, 2.45) is 22.7 Å². The van der Waals surface area contributed by atoms with E-state index in [1.807, 2.05) is 29.2 Å². The molecule has 3 saturated carbocycles. The number of likely N-dealkylation sites (tertiary alicyclic amines) is 1. The standard InChI is InChI=1S/C24H30N4O3/c29-15-27(31)14-24(11-17(24)16-5-1-2-6-16)22(30)28-13-23(9-10-23)12-20(28)21-25-18-7-3-4-8-19(18)26-21/h3-4,7-8,15-17,20,31H,1-2,5-6,9-14H2,(H,25,26)/t17-,20-,24+/m0/s1. The van der Waals surface area contributed by atoms with Gasteiger partial charge in [-0.05, 0) is 55.1 Å². The molecule has 0 bridgehead atoms. The summed E-state index contributed by atoms with van der Waals surface area (Å²) in [5.41, 5.74) is 1.50. The van der Waals surface area contributed by atoms with Gasteiger partial charge in [-0.15, -0.1) is 0 Å². The van der Waals surface area contributed by atoms with Crippen LogP contribution in [0.25, 0.3) is 11.0 Å². The van der Waals surface area contributed by atoms with Gasteiger partial charge < -0.3 is 9.88 Å². The molecule has 2 heterocycles. The number of carbonyl (C=O) groups is 2. The smallest absolute Gasteiger partial charge is 0.233 e. The van der Waals surface area contributed by atoms with Crippen molar-refractivity contribution in [2.75, 3.05) is 13.1 Å². The van der Waals surface area contributed by atoms with Crippen LogP contribution in [0.2, 0.25) is 0 Å². The van der Waals surface area contributed by atoms with Crippen molar-refractivity contribution >= 4 is 23.4 Å². The number of imidazole rings is 1. The fourth-order valence-electron chi connectivity index (χ4n) is 6.60. The summed E-state index contributed by atoms with van der Waals surface area (Å²) in [6.45, 7) is 0.867. The Morgan fingerprint density at radius 2 is 2.03 bits per heavy atom. The van der Waals surface area contributed by atoms with Crippen LogP contribution in [0.3, 0.4) is 0 Å². The van der Waals surface area contributed by atoms with Gasteiger partial charge in [-0.3, -0.25) is 14.8 Å². The summed E-state index contributed by atoms with van der Waals surface area (Å²) in [6.07, 6.45) is 9.22. The number of carbonyl (C=O) groups excluding carboxylic acids is 2. The summed E-state index contributed by atoms with van der Waals surface area (Å²) in [6, 6.07) is 7.92. The van der Waals surface area contributed by atoms with Gasteiger partial charge in [0.05, 0.1) is 29.0 Å². The van der Waals surface area contributed by atoms with E-state index in [-0.39, 0.29) is 29.8 Å². The van der Waals surface area contributed by atoms with Crippen molar-refractivity contribution in [1.29, 1.82) is 0 Å². The molecule has 2 aromatic rings. The first-order chi connectivity index (χ1) is 15.0. The molecule has 3 atom stereocenters. The number of hydrogen-bond donors (Lipinski definition) is 2. The van der Waals surface area contributed by atoms with E-state index in [0.29, 0.717) is 17.4 Å². The van der Waals surface area contributed by atoms with Crippen LogP contribution in [0.4, 0.5) is 0 Å². The molecule has 0 radical (unpaired) electrons. The molecule has 7 heteroatoms. The Morgan fingerprint density at radius 1 is 1.26 bits per heavy atom. The lowest BCUT2D eigenvalue weighted by atomic mass is 9.91. The predicted octanol–water partition coefficient (Wildman–Crippen LogP) is 3.66. The van der Waals surface area contributed by atoms with E-state index >= 15 is 0 Å². The molecule has 1 spiro atoms. The van der Waals surface area contributed by atoms with E-state index in [0.717, 1.165) is 61.9 Å². The van der Waals surface area contributed by atoms with Gasteiger partial charge in [-0.2, -0.15) is 0 Å². The Morgan fingerprint density at radius 3 is 2.74 bits per heavy atom. The number of benzene rings is 1. The van der Waals surface area contributed by atoms with Gasteiger partial charge >= 0.3 is 0 Å². The number of fused-ring (bicyclic) bond motifs is 1. The number of hydroxylamine groups is 2. The highest BCUT2D eigenvalue weighted by atomic mass is 16.5. The van der Waals surface area contributed by atoms with Crippen LogP contribution >= 0.6 is 0 Å². The van der Waals surface area contributed by atoms with Crippen LogP contribution in [0.15, 0.2) is 24.3 Å². The van der Waals surface area contributed by atoms with Crippen molar-refractivity contribution in [3.05, 3.63) is 30.1 Å². The molecule has 7 nitrogen and oxygen atoms in total. The maximum atomic E-state index is 14.1. The van der Waals surface area contributed by atoms with Crippen LogP contribution < -0.4 is 0 Å². The monoisotopic (exact) mass is 422 g/mol. The Labute approximate surface area is 181 Å². The van der Waals surface area contributed by atoms with E-state index in [1.54, 1.807) is 0 Å². The molecule has 164 valence electrons. The van der Waals surface area contributed by atoms with Crippen LogP contribution in [-0.4, -0.2) is 50.5 Å². The Balaban J connectivity index is 1.33. The quantitative estimate of drug-likeness (QED) is 0.422. The topological polar surface area (TPSA) is 89.5 Å². The minimum Gasteiger partial charge on any atom is -0.340 e. The molecular weight excluding hydrogens is 392 g/mol. The highest BCUT2D eigenvalue weighted by Gasteiger charge is 2.66. The molecule has 3 aliphatic carbocycles. The third kappa shape index (κ3) is 3.08. The summed E-state index contributed by atoms with van der Waals surface area (Å²) in [7, 11) is 0. The van der Waals surface area contributed by atoms with Gasteiger partial charge in [0, 0.05) is 6.54 Å². The minimum atomic E-state index is -0.643. The van der Waals surface area contributed by atoms with Crippen LogP contribution in [0, 0.1) is 22.7 Å². The lowest BCUT2D eigenvalue weighted by Crippen LogP contribution is -2.44. The summed E-state index contributed by atoms with van der Waals surface area (Å²) in [5.74, 6) is 1.78. The van der Waals surface area contributed by atoms with E-state index in [9.17, 15) is 14.8 Å². The van der Waals surface area contributed by atoms with E-state index in [2.05, 4.69) is 4.98 Å². The molecule has 4 fully saturated rings. The highest BCUT2D eigenvalue weighted by molar-refractivity contribution is 5.87. The van der Waals surface area contributed by atoms with Crippen LogP contribution in [0.5, 0.6) is 0 Å². The molecule has 31 heavy (non-hydrogen) atoms. The summed E-state index contributed by atoms with van der Waals surface area (Å²) < 4.78 is 0. The zero-order chi connectivity index (χ0) is 21.2. The predicted molar refractivity (Wildman–Crippen MR) is 114 cm³/mol. The van der Waals surface area contributed by atoms with Gasteiger partial charge in [-0.1, -0.05) is 37.8 Å². The number of aromatic nitrogens is 2. The Bertz CT molecular complexity index is 992. The van der Waals surface area contributed by atoms with Crippen molar-refractivity contribution < 1.29 is 14.8 Å². The molecular formula is C24H30N4O3. The summed E-state index contributed by atoms with van der Waals surface area (Å²) in [4.78, 5) is 35.6. The number of amides is 2. The maximum absolute atomic E-state index is 14.1. The normalized spacial score (nSPS) is 31.5. The van der Waals surface area contributed by atoms with E-state index in [1.165, 1.54) is 12.8 Å². The number of nitrogens with zero attached hydrogens (tertiary/aromatic N) is 3.